The van der Waals surface area contributed by atoms with Crippen LogP contribution in [0.4, 0.5) is 0 Å². The predicted octanol–water partition coefficient (Wildman–Crippen LogP) is 0.966. The molecule has 0 aromatic carbocycles. The average molecular weight is 261 g/mol. The van der Waals surface area contributed by atoms with Crippen LogP contribution in [0.2, 0.25) is 0 Å². The average Bonchev–Trinajstić information content (AvgIpc) is 2.19. The first-order chi connectivity index (χ1) is 7.77. The van der Waals surface area contributed by atoms with E-state index >= 15 is 0 Å². The summed E-state index contributed by atoms with van der Waals surface area (Å²) < 4.78 is 30.4. The number of rotatable bonds is 4. The SMILES string of the molecule is C=CC(=O)OC1(C)CCCCC1NS(C)(=O)=O. The van der Waals surface area contributed by atoms with Crippen LogP contribution in [0, 0.1) is 0 Å². The van der Waals surface area contributed by atoms with Gasteiger partial charge in [0.05, 0.1) is 12.3 Å². The summed E-state index contributed by atoms with van der Waals surface area (Å²) in [6, 6.07) is -0.366. The standard InChI is InChI=1S/C11H19NO4S/c1-4-10(13)16-11(2)8-6-5-7-9(11)12-17(3,14)15/h4,9,12H,1,5-8H2,2-3H3. The highest BCUT2D eigenvalue weighted by molar-refractivity contribution is 7.88. The molecule has 0 radical (unpaired) electrons. The molecule has 6 heteroatoms. The molecule has 1 saturated carbocycles. The van der Waals surface area contributed by atoms with Crippen molar-refractivity contribution in [3.05, 3.63) is 12.7 Å². The molecule has 0 heterocycles. The Morgan fingerprint density at radius 1 is 1.53 bits per heavy atom. The lowest BCUT2D eigenvalue weighted by molar-refractivity contribution is -0.157. The Bertz CT molecular complexity index is 404. The zero-order valence-corrected chi connectivity index (χ0v) is 11.0. The van der Waals surface area contributed by atoms with E-state index in [9.17, 15) is 13.2 Å². The van der Waals surface area contributed by atoms with Crippen molar-refractivity contribution in [2.24, 2.45) is 0 Å². The van der Waals surface area contributed by atoms with E-state index in [1.807, 2.05) is 0 Å². The third kappa shape index (κ3) is 4.12. The zero-order valence-electron chi connectivity index (χ0n) is 10.2. The smallest absolute Gasteiger partial charge is 0.330 e. The van der Waals surface area contributed by atoms with Crippen molar-refractivity contribution in [1.29, 1.82) is 0 Å². The number of nitrogens with one attached hydrogen (secondary N) is 1. The molecule has 0 bridgehead atoms. The van der Waals surface area contributed by atoms with Gasteiger partial charge in [-0.25, -0.2) is 17.9 Å². The van der Waals surface area contributed by atoms with Gasteiger partial charge in [0, 0.05) is 6.08 Å². The van der Waals surface area contributed by atoms with Crippen LogP contribution in [0.5, 0.6) is 0 Å². The van der Waals surface area contributed by atoms with Crippen LogP contribution >= 0.6 is 0 Å². The zero-order chi connectivity index (χ0) is 13.1. The number of carbonyl (C=O) groups excluding carboxylic acids is 1. The van der Waals surface area contributed by atoms with Gasteiger partial charge in [-0.15, -0.1) is 0 Å². The summed E-state index contributed by atoms with van der Waals surface area (Å²) in [5, 5.41) is 0. The van der Waals surface area contributed by atoms with Gasteiger partial charge in [-0.2, -0.15) is 0 Å². The second-order valence-electron chi connectivity index (χ2n) is 4.63. The fourth-order valence-electron chi connectivity index (χ4n) is 2.14. The Kier molecular flexibility index (Phi) is 4.32. The second-order valence-corrected chi connectivity index (χ2v) is 6.41. The van der Waals surface area contributed by atoms with E-state index in [0.717, 1.165) is 25.2 Å². The Morgan fingerprint density at radius 3 is 2.71 bits per heavy atom. The van der Waals surface area contributed by atoms with E-state index < -0.39 is 21.6 Å². The monoisotopic (exact) mass is 261 g/mol. The highest BCUT2D eigenvalue weighted by Crippen LogP contribution is 2.32. The van der Waals surface area contributed by atoms with Gasteiger partial charge >= 0.3 is 5.97 Å². The lowest BCUT2D eigenvalue weighted by Crippen LogP contribution is -2.54. The van der Waals surface area contributed by atoms with E-state index in [1.54, 1.807) is 6.92 Å². The molecule has 1 rings (SSSR count). The third-order valence-corrected chi connectivity index (χ3v) is 3.72. The first-order valence-corrected chi connectivity index (χ1v) is 7.49. The summed E-state index contributed by atoms with van der Waals surface area (Å²) in [5.74, 6) is -0.519. The second kappa shape index (κ2) is 5.18. The topological polar surface area (TPSA) is 72.5 Å². The van der Waals surface area contributed by atoms with Crippen LogP contribution in [0.25, 0.3) is 0 Å². The summed E-state index contributed by atoms with van der Waals surface area (Å²) in [6.07, 6.45) is 5.37. The highest BCUT2D eigenvalue weighted by atomic mass is 32.2. The fourth-order valence-corrected chi connectivity index (χ4v) is 3.02. The molecule has 1 fully saturated rings. The molecular weight excluding hydrogens is 242 g/mol. The molecule has 17 heavy (non-hydrogen) atoms. The van der Waals surface area contributed by atoms with Gasteiger partial charge in [-0.3, -0.25) is 0 Å². The maximum atomic E-state index is 11.3. The molecule has 1 aliphatic carbocycles. The minimum Gasteiger partial charge on any atom is -0.455 e. The lowest BCUT2D eigenvalue weighted by Gasteiger charge is -2.40. The summed E-state index contributed by atoms with van der Waals surface area (Å²) in [4.78, 5) is 11.3. The van der Waals surface area contributed by atoms with E-state index in [-0.39, 0.29) is 6.04 Å². The normalized spacial score (nSPS) is 29.6. The van der Waals surface area contributed by atoms with Gasteiger partial charge in [0.25, 0.3) is 0 Å². The Morgan fingerprint density at radius 2 is 2.18 bits per heavy atom. The number of hydrogen-bond acceptors (Lipinski definition) is 4. The van der Waals surface area contributed by atoms with Crippen molar-refractivity contribution in [2.75, 3.05) is 6.26 Å². The molecule has 2 atom stereocenters. The highest BCUT2D eigenvalue weighted by Gasteiger charge is 2.41. The molecule has 0 amide bonds. The first kappa shape index (κ1) is 14.2. The molecule has 5 nitrogen and oxygen atoms in total. The van der Waals surface area contributed by atoms with Crippen molar-refractivity contribution >= 4 is 16.0 Å². The van der Waals surface area contributed by atoms with Crippen molar-refractivity contribution in [2.45, 2.75) is 44.2 Å². The van der Waals surface area contributed by atoms with Gasteiger partial charge in [-0.05, 0) is 26.2 Å². The van der Waals surface area contributed by atoms with E-state index in [1.165, 1.54) is 0 Å². The van der Waals surface area contributed by atoms with Gasteiger partial charge in [0.15, 0.2) is 0 Å². The molecule has 2 unspecified atom stereocenters. The Balaban J connectivity index is 2.83. The first-order valence-electron chi connectivity index (χ1n) is 5.59. The van der Waals surface area contributed by atoms with Crippen LogP contribution in [-0.4, -0.2) is 32.3 Å². The van der Waals surface area contributed by atoms with Gasteiger partial charge in [0.1, 0.15) is 5.60 Å². The molecule has 98 valence electrons. The molecule has 0 spiro atoms. The molecule has 0 aromatic rings. The minimum atomic E-state index is -3.30. The molecule has 1 aliphatic rings. The van der Waals surface area contributed by atoms with Crippen LogP contribution in [0.1, 0.15) is 32.6 Å². The van der Waals surface area contributed by atoms with Crippen molar-refractivity contribution in [3.8, 4) is 0 Å². The number of ether oxygens (including phenoxy) is 1. The van der Waals surface area contributed by atoms with Crippen LogP contribution in [-0.2, 0) is 19.6 Å². The van der Waals surface area contributed by atoms with Crippen LogP contribution < -0.4 is 4.72 Å². The van der Waals surface area contributed by atoms with Crippen molar-refractivity contribution < 1.29 is 17.9 Å². The third-order valence-electron chi connectivity index (χ3n) is 3.01. The van der Waals surface area contributed by atoms with Crippen LogP contribution in [0.3, 0.4) is 0 Å². The van der Waals surface area contributed by atoms with Crippen molar-refractivity contribution in [3.63, 3.8) is 0 Å². The Hall–Kier alpha value is -0.880. The molecule has 0 saturated heterocycles. The Labute approximate surface area is 102 Å². The summed E-state index contributed by atoms with van der Waals surface area (Å²) >= 11 is 0. The minimum absolute atomic E-state index is 0.366. The number of carbonyl (C=O) groups is 1. The van der Waals surface area contributed by atoms with E-state index in [4.69, 9.17) is 4.74 Å². The van der Waals surface area contributed by atoms with Gasteiger partial charge in [0.2, 0.25) is 10.0 Å². The molecule has 0 aromatic heterocycles. The maximum absolute atomic E-state index is 11.3. The number of esters is 1. The van der Waals surface area contributed by atoms with Crippen molar-refractivity contribution in [1.82, 2.24) is 4.72 Å². The molecular formula is C11H19NO4S. The fraction of sp³-hybridized carbons (Fsp3) is 0.727. The van der Waals surface area contributed by atoms with E-state index in [0.29, 0.717) is 12.8 Å². The van der Waals surface area contributed by atoms with Crippen LogP contribution in [0.15, 0.2) is 12.7 Å². The quantitative estimate of drug-likeness (QED) is 0.604. The lowest BCUT2D eigenvalue weighted by atomic mass is 9.82. The molecule has 1 N–H and O–H groups in total. The summed E-state index contributed by atoms with van der Waals surface area (Å²) in [7, 11) is -3.30. The number of hydrogen-bond donors (Lipinski definition) is 1. The predicted molar refractivity (Wildman–Crippen MR) is 64.9 cm³/mol. The summed E-state index contributed by atoms with van der Waals surface area (Å²) in [5.41, 5.74) is -0.785. The van der Waals surface area contributed by atoms with Gasteiger partial charge in [-0.1, -0.05) is 13.0 Å². The molecule has 0 aliphatic heterocycles. The van der Waals surface area contributed by atoms with Gasteiger partial charge < -0.3 is 4.74 Å². The van der Waals surface area contributed by atoms with E-state index in [2.05, 4.69) is 11.3 Å². The number of sulfonamides is 1. The summed E-state index contributed by atoms with van der Waals surface area (Å²) in [6.45, 7) is 5.10. The maximum Gasteiger partial charge on any atom is 0.330 e. The largest absolute Gasteiger partial charge is 0.455 e.